The van der Waals surface area contributed by atoms with Crippen LogP contribution in [0.5, 0.6) is 0 Å². The molecule has 1 aromatic rings. The van der Waals surface area contributed by atoms with Crippen LogP contribution < -0.4 is 4.90 Å². The minimum atomic E-state index is -3.29. The molecule has 1 aromatic heterocycles. The molecule has 1 aliphatic rings. The molecule has 1 aliphatic heterocycles. The number of β-amino-alcohol motifs (C(OH)–C–C–N with tert-alkyl or cyclic N) is 1. The lowest BCUT2D eigenvalue weighted by Gasteiger charge is -2.47. The third-order valence-corrected chi connectivity index (χ3v) is 4.25. The standard InChI is InChI=1S/C12H18N2O3S/c1-3-6-12(15)8-14(9-12)11-10(18(2,16)17)5-4-7-13-11/h4-5,7,15H,3,6,8-9H2,1-2H3. The molecule has 0 atom stereocenters. The summed E-state index contributed by atoms with van der Waals surface area (Å²) in [5.74, 6) is 0.445. The summed E-state index contributed by atoms with van der Waals surface area (Å²) in [6.45, 7) is 2.91. The quantitative estimate of drug-likeness (QED) is 0.877. The fraction of sp³-hybridized carbons (Fsp3) is 0.583. The summed E-state index contributed by atoms with van der Waals surface area (Å²) in [6.07, 6.45) is 4.38. The molecule has 6 heteroatoms. The van der Waals surface area contributed by atoms with Crippen LogP contribution in [0.15, 0.2) is 23.2 Å². The topological polar surface area (TPSA) is 70.5 Å². The van der Waals surface area contributed by atoms with E-state index < -0.39 is 15.4 Å². The van der Waals surface area contributed by atoms with Crippen LogP contribution in [0.3, 0.4) is 0 Å². The van der Waals surface area contributed by atoms with Gasteiger partial charge in [0.2, 0.25) is 0 Å². The van der Waals surface area contributed by atoms with Crippen molar-refractivity contribution in [1.29, 1.82) is 0 Å². The number of rotatable bonds is 4. The molecule has 0 amide bonds. The minimum absolute atomic E-state index is 0.226. The predicted molar refractivity (Wildman–Crippen MR) is 69.4 cm³/mol. The van der Waals surface area contributed by atoms with Crippen molar-refractivity contribution in [3.8, 4) is 0 Å². The number of pyridine rings is 1. The fourth-order valence-electron chi connectivity index (χ4n) is 2.35. The first-order chi connectivity index (χ1) is 8.36. The number of nitrogens with zero attached hydrogens (tertiary/aromatic N) is 2. The van der Waals surface area contributed by atoms with Crippen molar-refractivity contribution in [2.75, 3.05) is 24.2 Å². The third-order valence-electron chi connectivity index (χ3n) is 3.14. The van der Waals surface area contributed by atoms with Crippen molar-refractivity contribution >= 4 is 15.7 Å². The van der Waals surface area contributed by atoms with Crippen molar-refractivity contribution in [3.05, 3.63) is 18.3 Å². The number of aliphatic hydroxyl groups is 1. The lowest BCUT2D eigenvalue weighted by atomic mass is 9.89. The summed E-state index contributed by atoms with van der Waals surface area (Å²) in [5.41, 5.74) is -0.693. The number of aromatic nitrogens is 1. The molecule has 0 bridgehead atoms. The number of hydrogen-bond donors (Lipinski definition) is 1. The van der Waals surface area contributed by atoms with Crippen LogP contribution in [0.1, 0.15) is 19.8 Å². The Bertz CT molecular complexity index is 536. The Hall–Kier alpha value is -1.14. The van der Waals surface area contributed by atoms with Crippen LogP contribution in [-0.2, 0) is 9.84 Å². The molecule has 0 spiro atoms. The van der Waals surface area contributed by atoms with E-state index in [0.717, 1.165) is 12.8 Å². The van der Waals surface area contributed by atoms with Gasteiger partial charge in [-0.3, -0.25) is 0 Å². The Balaban J connectivity index is 2.23. The molecule has 5 nitrogen and oxygen atoms in total. The van der Waals surface area contributed by atoms with Crippen molar-refractivity contribution in [2.24, 2.45) is 0 Å². The SMILES string of the molecule is CCCC1(O)CN(c2ncccc2S(C)(=O)=O)C1. The average molecular weight is 270 g/mol. The van der Waals surface area contributed by atoms with Crippen molar-refractivity contribution in [3.63, 3.8) is 0 Å². The van der Waals surface area contributed by atoms with E-state index in [1.54, 1.807) is 18.3 Å². The van der Waals surface area contributed by atoms with Gasteiger partial charge in [0, 0.05) is 12.5 Å². The van der Waals surface area contributed by atoms with Gasteiger partial charge in [-0.1, -0.05) is 13.3 Å². The van der Waals surface area contributed by atoms with Gasteiger partial charge >= 0.3 is 0 Å². The Morgan fingerprint density at radius 3 is 2.72 bits per heavy atom. The van der Waals surface area contributed by atoms with E-state index in [0.29, 0.717) is 18.9 Å². The van der Waals surface area contributed by atoms with Crippen LogP contribution in [0, 0.1) is 0 Å². The van der Waals surface area contributed by atoms with Gasteiger partial charge in [-0.2, -0.15) is 0 Å². The Morgan fingerprint density at radius 1 is 1.50 bits per heavy atom. The fourth-order valence-corrected chi connectivity index (χ4v) is 3.19. The van der Waals surface area contributed by atoms with E-state index in [-0.39, 0.29) is 4.90 Å². The zero-order valence-corrected chi connectivity index (χ0v) is 11.4. The summed E-state index contributed by atoms with van der Waals surface area (Å²) in [7, 11) is -3.29. The summed E-state index contributed by atoms with van der Waals surface area (Å²) in [4.78, 5) is 6.17. The predicted octanol–water partition coefficient (Wildman–Crippen LogP) is 0.836. The second-order valence-corrected chi connectivity index (χ2v) is 6.91. The van der Waals surface area contributed by atoms with Gasteiger partial charge in [-0.15, -0.1) is 0 Å². The highest BCUT2D eigenvalue weighted by Crippen LogP contribution is 2.33. The van der Waals surface area contributed by atoms with E-state index >= 15 is 0 Å². The summed E-state index contributed by atoms with van der Waals surface area (Å²) in [5, 5.41) is 10.1. The van der Waals surface area contributed by atoms with E-state index in [9.17, 15) is 13.5 Å². The zero-order valence-electron chi connectivity index (χ0n) is 10.6. The third kappa shape index (κ3) is 2.49. The summed E-state index contributed by atoms with van der Waals surface area (Å²) < 4.78 is 23.3. The van der Waals surface area contributed by atoms with E-state index in [2.05, 4.69) is 4.98 Å². The number of sulfone groups is 1. The highest BCUT2D eigenvalue weighted by atomic mass is 32.2. The van der Waals surface area contributed by atoms with E-state index in [1.165, 1.54) is 6.26 Å². The van der Waals surface area contributed by atoms with Crippen LogP contribution in [0.25, 0.3) is 0 Å². The smallest absolute Gasteiger partial charge is 0.179 e. The number of hydrogen-bond acceptors (Lipinski definition) is 5. The van der Waals surface area contributed by atoms with Gasteiger partial charge < -0.3 is 10.0 Å². The molecule has 18 heavy (non-hydrogen) atoms. The van der Waals surface area contributed by atoms with Gasteiger partial charge in [0.1, 0.15) is 10.7 Å². The Morgan fingerprint density at radius 2 is 2.17 bits per heavy atom. The molecule has 2 heterocycles. The lowest BCUT2D eigenvalue weighted by molar-refractivity contribution is 0.00262. The van der Waals surface area contributed by atoms with Gasteiger partial charge in [-0.05, 0) is 18.6 Å². The molecule has 100 valence electrons. The first kappa shape index (κ1) is 13.3. The number of anilines is 1. The summed E-state index contributed by atoms with van der Waals surface area (Å²) in [6, 6.07) is 3.16. The van der Waals surface area contributed by atoms with E-state index in [4.69, 9.17) is 0 Å². The first-order valence-electron chi connectivity index (χ1n) is 5.98. The molecular formula is C12H18N2O3S. The molecule has 1 saturated heterocycles. The monoisotopic (exact) mass is 270 g/mol. The maximum absolute atomic E-state index is 11.7. The normalized spacial score (nSPS) is 18.5. The maximum atomic E-state index is 11.7. The molecule has 1 N–H and O–H groups in total. The molecular weight excluding hydrogens is 252 g/mol. The highest BCUT2D eigenvalue weighted by Gasteiger charge is 2.42. The van der Waals surface area contributed by atoms with Crippen LogP contribution >= 0.6 is 0 Å². The largest absolute Gasteiger partial charge is 0.386 e. The van der Waals surface area contributed by atoms with Gasteiger partial charge in [0.15, 0.2) is 9.84 Å². The van der Waals surface area contributed by atoms with E-state index in [1.807, 2.05) is 11.8 Å². The molecule has 1 fully saturated rings. The first-order valence-corrected chi connectivity index (χ1v) is 7.87. The van der Waals surface area contributed by atoms with Gasteiger partial charge in [0.25, 0.3) is 0 Å². The second-order valence-electron chi connectivity index (χ2n) is 4.93. The van der Waals surface area contributed by atoms with Crippen molar-refractivity contribution in [2.45, 2.75) is 30.3 Å². The maximum Gasteiger partial charge on any atom is 0.179 e. The molecule has 0 radical (unpaired) electrons. The lowest BCUT2D eigenvalue weighted by Crippen LogP contribution is -2.62. The van der Waals surface area contributed by atoms with Gasteiger partial charge in [-0.25, -0.2) is 13.4 Å². The molecule has 0 saturated carbocycles. The average Bonchev–Trinajstić information content (AvgIpc) is 2.25. The molecule has 0 aliphatic carbocycles. The van der Waals surface area contributed by atoms with Crippen LogP contribution in [0.4, 0.5) is 5.82 Å². The second kappa shape index (κ2) is 4.51. The summed E-state index contributed by atoms with van der Waals surface area (Å²) >= 11 is 0. The van der Waals surface area contributed by atoms with Crippen LogP contribution in [0.2, 0.25) is 0 Å². The molecule has 2 rings (SSSR count). The Kier molecular flexibility index (Phi) is 3.33. The molecule has 0 unspecified atom stereocenters. The Labute approximate surface area is 107 Å². The highest BCUT2D eigenvalue weighted by molar-refractivity contribution is 7.90. The molecule has 0 aromatic carbocycles. The van der Waals surface area contributed by atoms with Gasteiger partial charge in [0.05, 0.1) is 18.7 Å². The van der Waals surface area contributed by atoms with Crippen molar-refractivity contribution in [1.82, 2.24) is 4.98 Å². The van der Waals surface area contributed by atoms with Crippen LogP contribution in [-0.4, -0.2) is 43.5 Å². The van der Waals surface area contributed by atoms with Crippen molar-refractivity contribution < 1.29 is 13.5 Å². The zero-order chi connectivity index (χ0) is 13.4. The minimum Gasteiger partial charge on any atom is -0.386 e.